The first kappa shape index (κ1) is 18.7. The number of benzene rings is 1. The Bertz CT molecular complexity index is 913. The van der Waals surface area contributed by atoms with E-state index in [0.717, 1.165) is 39.0 Å². The second-order valence-corrected chi connectivity index (χ2v) is 7.59. The van der Waals surface area contributed by atoms with Crippen LogP contribution in [0.15, 0.2) is 55.0 Å². The average Bonchev–Trinajstić information content (AvgIpc) is 3.17. The molecule has 1 unspecified atom stereocenters. The van der Waals surface area contributed by atoms with Gasteiger partial charge in [-0.2, -0.15) is 0 Å². The van der Waals surface area contributed by atoms with Gasteiger partial charge in [0.05, 0.1) is 0 Å². The number of carbonyl (C=O) groups excluding carboxylic acids is 1. The maximum atomic E-state index is 12.6. The lowest BCUT2D eigenvalue weighted by molar-refractivity contribution is -0.133. The van der Waals surface area contributed by atoms with Crippen molar-refractivity contribution in [3.63, 3.8) is 0 Å². The summed E-state index contributed by atoms with van der Waals surface area (Å²) in [7, 11) is 0. The van der Waals surface area contributed by atoms with Gasteiger partial charge >= 0.3 is 0 Å². The zero-order valence-corrected chi connectivity index (χ0v) is 16.5. The van der Waals surface area contributed by atoms with Crippen molar-refractivity contribution in [2.24, 2.45) is 0 Å². The molecule has 146 valence electrons. The highest BCUT2D eigenvalue weighted by Crippen LogP contribution is 2.22. The largest absolute Gasteiger partial charge is 0.361 e. The molecule has 4 rings (SSSR count). The molecule has 3 aromatic rings. The van der Waals surface area contributed by atoms with E-state index in [1.54, 1.807) is 0 Å². The second-order valence-electron chi connectivity index (χ2n) is 7.59. The highest BCUT2D eigenvalue weighted by Gasteiger charge is 2.24. The number of hydrogen-bond donors (Lipinski definition) is 1. The number of pyridine rings is 1. The third-order valence-electron chi connectivity index (χ3n) is 5.89. The molecule has 0 bridgehead atoms. The molecule has 1 fully saturated rings. The number of hydrogen-bond acceptors (Lipinski definition) is 3. The number of rotatable bonds is 6. The Hall–Kier alpha value is -2.66. The number of nitrogens with zero attached hydrogens (tertiary/aromatic N) is 3. The van der Waals surface area contributed by atoms with Gasteiger partial charge in [0.2, 0.25) is 5.91 Å². The minimum Gasteiger partial charge on any atom is -0.361 e. The Morgan fingerprint density at radius 1 is 1.14 bits per heavy atom. The Labute approximate surface area is 166 Å². The number of fused-ring (bicyclic) bond motifs is 1. The number of amides is 1. The highest BCUT2D eigenvalue weighted by atomic mass is 16.2. The molecule has 1 N–H and O–H groups in total. The zero-order valence-electron chi connectivity index (χ0n) is 16.5. The van der Waals surface area contributed by atoms with Crippen LogP contribution >= 0.6 is 0 Å². The molecular weight excluding hydrogens is 348 g/mol. The molecule has 0 radical (unpaired) electrons. The predicted octanol–water partition coefficient (Wildman–Crippen LogP) is 3.79. The molecule has 28 heavy (non-hydrogen) atoms. The van der Waals surface area contributed by atoms with Gasteiger partial charge in [0.25, 0.3) is 0 Å². The van der Waals surface area contributed by atoms with E-state index in [-0.39, 0.29) is 5.91 Å². The molecule has 0 saturated carbocycles. The highest BCUT2D eigenvalue weighted by molar-refractivity contribution is 5.83. The molecule has 5 nitrogen and oxygen atoms in total. The van der Waals surface area contributed by atoms with Crippen molar-refractivity contribution in [1.82, 2.24) is 19.8 Å². The fraction of sp³-hybridized carbons (Fsp3) is 0.391. The van der Waals surface area contributed by atoms with Crippen molar-refractivity contribution in [2.75, 3.05) is 26.2 Å². The molecular formula is C23H28N4O. The number of aromatic amines is 1. The molecule has 3 heterocycles. The number of H-pyrrole nitrogens is 1. The van der Waals surface area contributed by atoms with Crippen molar-refractivity contribution in [1.29, 1.82) is 0 Å². The van der Waals surface area contributed by atoms with E-state index in [4.69, 9.17) is 0 Å². The average molecular weight is 377 g/mol. The van der Waals surface area contributed by atoms with Crippen LogP contribution in [0.1, 0.15) is 36.9 Å². The van der Waals surface area contributed by atoms with E-state index in [9.17, 15) is 4.79 Å². The van der Waals surface area contributed by atoms with E-state index < -0.39 is 0 Å². The smallest absolute Gasteiger partial charge is 0.222 e. The quantitative estimate of drug-likeness (QED) is 0.712. The summed E-state index contributed by atoms with van der Waals surface area (Å²) >= 11 is 0. The number of nitrogens with one attached hydrogen (secondary N) is 1. The van der Waals surface area contributed by atoms with Gasteiger partial charge < -0.3 is 9.88 Å². The summed E-state index contributed by atoms with van der Waals surface area (Å²) in [5.41, 5.74) is 3.71. The Morgan fingerprint density at radius 2 is 1.96 bits per heavy atom. The molecule has 1 atom stereocenters. The second kappa shape index (κ2) is 8.57. The first-order chi connectivity index (χ1) is 13.7. The molecule has 1 saturated heterocycles. The van der Waals surface area contributed by atoms with Crippen molar-refractivity contribution < 1.29 is 4.79 Å². The summed E-state index contributed by atoms with van der Waals surface area (Å²) < 4.78 is 0. The molecule has 0 aliphatic carbocycles. The Morgan fingerprint density at radius 3 is 2.75 bits per heavy atom. The van der Waals surface area contributed by atoms with E-state index in [1.807, 2.05) is 29.4 Å². The third kappa shape index (κ3) is 4.09. The molecule has 1 aliphatic heterocycles. The van der Waals surface area contributed by atoms with E-state index in [1.165, 1.54) is 22.0 Å². The summed E-state index contributed by atoms with van der Waals surface area (Å²) in [6, 6.07) is 12.8. The lowest BCUT2D eigenvalue weighted by Gasteiger charge is -2.38. The van der Waals surface area contributed by atoms with E-state index >= 15 is 0 Å². The monoisotopic (exact) mass is 376 g/mol. The molecule has 5 heteroatoms. The summed E-state index contributed by atoms with van der Waals surface area (Å²) in [5, 5.41) is 1.27. The van der Waals surface area contributed by atoms with Crippen LogP contribution in [-0.4, -0.2) is 51.9 Å². The standard InChI is InChI=1S/C23H28N4O/c1-18(19-7-5-11-24-16-19)26-12-14-27(15-13-26)23(28)10-4-6-20-17-25-22-9-3-2-8-21(20)22/h2-3,5,7-9,11,16-18,25H,4,6,10,12-15H2,1H3. The third-order valence-corrected chi connectivity index (χ3v) is 5.89. The van der Waals surface area contributed by atoms with Gasteiger partial charge in [0.15, 0.2) is 0 Å². The summed E-state index contributed by atoms with van der Waals surface area (Å²) in [6.07, 6.45) is 8.28. The van der Waals surface area contributed by atoms with Crippen LogP contribution in [0.5, 0.6) is 0 Å². The van der Waals surface area contributed by atoms with Gasteiger partial charge in [-0.05, 0) is 43.0 Å². The van der Waals surface area contributed by atoms with Gasteiger partial charge in [-0.25, -0.2) is 0 Å². The fourth-order valence-corrected chi connectivity index (χ4v) is 4.12. The zero-order chi connectivity index (χ0) is 19.3. The van der Waals surface area contributed by atoms with Gasteiger partial charge in [-0.1, -0.05) is 24.3 Å². The van der Waals surface area contributed by atoms with Crippen molar-refractivity contribution in [3.05, 3.63) is 66.1 Å². The van der Waals surface area contributed by atoms with Crippen LogP contribution in [0, 0.1) is 0 Å². The fourth-order valence-electron chi connectivity index (χ4n) is 4.12. The number of aryl methyl sites for hydroxylation is 1. The van der Waals surface area contributed by atoms with Gasteiger partial charge in [-0.3, -0.25) is 14.7 Å². The summed E-state index contributed by atoms with van der Waals surface area (Å²) in [6.45, 7) is 5.69. The Kier molecular flexibility index (Phi) is 5.72. The summed E-state index contributed by atoms with van der Waals surface area (Å²) in [4.78, 5) is 24.6. The predicted molar refractivity (Wildman–Crippen MR) is 112 cm³/mol. The first-order valence-corrected chi connectivity index (χ1v) is 10.2. The van der Waals surface area contributed by atoms with Crippen LogP contribution in [0.3, 0.4) is 0 Å². The van der Waals surface area contributed by atoms with Crippen molar-refractivity contribution in [2.45, 2.75) is 32.2 Å². The molecule has 1 aromatic carbocycles. The molecule has 1 amide bonds. The van der Waals surface area contributed by atoms with Crippen LogP contribution in [-0.2, 0) is 11.2 Å². The van der Waals surface area contributed by atoms with Crippen molar-refractivity contribution >= 4 is 16.8 Å². The van der Waals surface area contributed by atoms with Crippen molar-refractivity contribution in [3.8, 4) is 0 Å². The van der Waals surface area contributed by atoms with Crippen LogP contribution in [0.25, 0.3) is 10.9 Å². The number of piperazine rings is 1. The van der Waals surface area contributed by atoms with Gasteiger partial charge in [0, 0.05) is 68.1 Å². The maximum Gasteiger partial charge on any atom is 0.222 e. The topological polar surface area (TPSA) is 52.2 Å². The molecule has 0 spiro atoms. The Balaban J connectivity index is 1.24. The minimum atomic E-state index is 0.286. The van der Waals surface area contributed by atoms with E-state index in [2.05, 4.69) is 52.3 Å². The molecule has 2 aromatic heterocycles. The number of aromatic nitrogens is 2. The maximum absolute atomic E-state index is 12.6. The van der Waals surface area contributed by atoms with Crippen LogP contribution in [0.4, 0.5) is 0 Å². The summed E-state index contributed by atoms with van der Waals surface area (Å²) in [5.74, 6) is 0.286. The normalized spacial score (nSPS) is 16.4. The van der Waals surface area contributed by atoms with Gasteiger partial charge in [-0.15, -0.1) is 0 Å². The number of para-hydroxylation sites is 1. The lowest BCUT2D eigenvalue weighted by Crippen LogP contribution is -2.49. The lowest BCUT2D eigenvalue weighted by atomic mass is 10.1. The van der Waals surface area contributed by atoms with Crippen LogP contribution < -0.4 is 0 Å². The molecule has 1 aliphatic rings. The first-order valence-electron chi connectivity index (χ1n) is 10.2. The SMILES string of the molecule is CC(c1cccnc1)N1CCN(C(=O)CCCc2c[nH]c3ccccc23)CC1. The number of carbonyl (C=O) groups is 1. The van der Waals surface area contributed by atoms with E-state index in [0.29, 0.717) is 12.5 Å². The van der Waals surface area contributed by atoms with Gasteiger partial charge in [0.1, 0.15) is 0 Å². The minimum absolute atomic E-state index is 0.286. The van der Waals surface area contributed by atoms with Crippen LogP contribution in [0.2, 0.25) is 0 Å².